The van der Waals surface area contributed by atoms with Crippen LogP contribution in [0.1, 0.15) is 33.4 Å². The van der Waals surface area contributed by atoms with Crippen molar-refractivity contribution in [3.63, 3.8) is 0 Å². The number of nitrogens with zero attached hydrogens (tertiary/aromatic N) is 2. The lowest BCUT2D eigenvalue weighted by Gasteiger charge is -2.30. The van der Waals surface area contributed by atoms with E-state index in [9.17, 15) is 9.90 Å². The highest BCUT2D eigenvalue weighted by atomic mass is 35.5. The summed E-state index contributed by atoms with van der Waals surface area (Å²) in [5, 5.41) is 12.5. The van der Waals surface area contributed by atoms with Gasteiger partial charge in [0, 0.05) is 39.0 Å². The molecule has 0 saturated carbocycles. The van der Waals surface area contributed by atoms with Crippen molar-refractivity contribution in [1.29, 1.82) is 0 Å². The normalized spacial score (nSPS) is 15.7. The third-order valence-electron chi connectivity index (χ3n) is 5.60. The van der Waals surface area contributed by atoms with Crippen molar-refractivity contribution in [2.75, 3.05) is 13.1 Å². The molecule has 0 amide bonds. The first kappa shape index (κ1) is 19.2. The number of hydrogen-bond donors (Lipinski definition) is 1. The molecule has 6 heteroatoms. The van der Waals surface area contributed by atoms with Crippen molar-refractivity contribution in [3.8, 4) is 0 Å². The Morgan fingerprint density at radius 2 is 1.90 bits per heavy atom. The van der Waals surface area contributed by atoms with Crippen LogP contribution < -0.4 is 0 Å². The van der Waals surface area contributed by atoms with Crippen LogP contribution in [0.15, 0.2) is 48.5 Å². The first-order valence-corrected chi connectivity index (χ1v) is 11.0. The Balaban J connectivity index is 1.78. The second kappa shape index (κ2) is 7.51. The van der Waals surface area contributed by atoms with Crippen LogP contribution in [0.25, 0.3) is 32.6 Å². The Morgan fingerprint density at radius 1 is 1.17 bits per heavy atom. The minimum absolute atomic E-state index is 0.349. The minimum atomic E-state index is -0.915. The molecule has 1 aliphatic rings. The molecule has 5 rings (SSSR count). The van der Waals surface area contributed by atoms with E-state index in [-0.39, 0.29) is 0 Å². The summed E-state index contributed by atoms with van der Waals surface area (Å²) < 4.78 is 1.13. The van der Waals surface area contributed by atoms with E-state index in [0.29, 0.717) is 29.6 Å². The van der Waals surface area contributed by atoms with E-state index in [1.54, 1.807) is 11.3 Å². The SMILES string of the molecule is CCN1C/C(=C/c2sc3ccccc3c2Cl)c2nc3ccccc3c(C(=O)O)c2C1. The number of aromatic nitrogens is 1. The maximum Gasteiger partial charge on any atom is 0.336 e. The molecule has 2 aromatic carbocycles. The standard InChI is InChI=1S/C24H19ClN2O2S/c1-2-27-12-14(11-20-22(25)16-8-4-6-10-19(16)30-20)23-17(13-27)21(24(28)29)15-7-3-5-9-18(15)26-23/h3-11H,2,12-13H2,1H3,(H,28,29)/b14-11-. The number of carboxylic acids is 1. The number of thiophene rings is 1. The largest absolute Gasteiger partial charge is 0.478 e. The molecular weight excluding hydrogens is 416 g/mol. The van der Waals surface area contributed by atoms with Crippen LogP contribution in [0.5, 0.6) is 0 Å². The zero-order valence-corrected chi connectivity index (χ0v) is 17.9. The van der Waals surface area contributed by atoms with Gasteiger partial charge in [0.15, 0.2) is 0 Å². The van der Waals surface area contributed by atoms with E-state index in [1.165, 1.54) is 0 Å². The van der Waals surface area contributed by atoms with Crippen molar-refractivity contribution in [2.45, 2.75) is 13.5 Å². The lowest BCUT2D eigenvalue weighted by Crippen LogP contribution is -2.31. The number of aromatic carboxylic acids is 1. The summed E-state index contributed by atoms with van der Waals surface area (Å²) >= 11 is 8.33. The van der Waals surface area contributed by atoms with Crippen molar-refractivity contribution in [3.05, 3.63) is 75.3 Å². The van der Waals surface area contributed by atoms with E-state index in [4.69, 9.17) is 16.6 Å². The number of para-hydroxylation sites is 1. The van der Waals surface area contributed by atoms with Gasteiger partial charge in [-0.3, -0.25) is 4.90 Å². The first-order valence-electron chi connectivity index (χ1n) is 9.82. The second-order valence-electron chi connectivity index (χ2n) is 7.39. The highest BCUT2D eigenvalue weighted by molar-refractivity contribution is 7.20. The molecule has 150 valence electrons. The van der Waals surface area contributed by atoms with Gasteiger partial charge in [-0.05, 0) is 30.3 Å². The molecule has 3 heterocycles. The molecule has 0 unspecified atom stereocenters. The summed E-state index contributed by atoms with van der Waals surface area (Å²) in [5.41, 5.74) is 3.59. The summed E-state index contributed by atoms with van der Waals surface area (Å²) in [6.07, 6.45) is 2.08. The average Bonchev–Trinajstić information content (AvgIpc) is 3.07. The first-order chi connectivity index (χ1) is 14.6. The molecule has 0 spiro atoms. The Labute approximate surface area is 183 Å². The molecule has 0 saturated heterocycles. The van der Waals surface area contributed by atoms with Crippen LogP contribution >= 0.6 is 22.9 Å². The molecule has 0 radical (unpaired) electrons. The van der Waals surface area contributed by atoms with Gasteiger partial charge in [0.05, 0.1) is 21.8 Å². The van der Waals surface area contributed by atoms with Gasteiger partial charge in [-0.2, -0.15) is 0 Å². The monoisotopic (exact) mass is 434 g/mol. The van der Waals surface area contributed by atoms with Gasteiger partial charge < -0.3 is 5.11 Å². The molecule has 0 fully saturated rings. The summed E-state index contributed by atoms with van der Waals surface area (Å²) in [6.45, 7) is 4.19. The smallest absolute Gasteiger partial charge is 0.336 e. The number of carboxylic acid groups (broad SMARTS) is 1. The van der Waals surface area contributed by atoms with Crippen LogP contribution in [-0.2, 0) is 6.54 Å². The topological polar surface area (TPSA) is 53.4 Å². The number of likely N-dealkylation sites (N-methyl/N-ethyl adjacent to an activating group) is 1. The lowest BCUT2D eigenvalue weighted by molar-refractivity contribution is 0.0696. The number of halogens is 1. The minimum Gasteiger partial charge on any atom is -0.478 e. The third-order valence-corrected chi connectivity index (χ3v) is 7.24. The van der Waals surface area contributed by atoms with Gasteiger partial charge in [-0.15, -0.1) is 11.3 Å². The fourth-order valence-electron chi connectivity index (χ4n) is 4.13. The molecule has 0 aliphatic carbocycles. The molecule has 0 bridgehead atoms. The number of carbonyl (C=O) groups is 1. The Hall–Kier alpha value is -2.73. The Kier molecular flexibility index (Phi) is 4.82. The molecule has 4 aromatic rings. The predicted molar refractivity (Wildman–Crippen MR) is 124 cm³/mol. The zero-order chi connectivity index (χ0) is 20.8. The Bertz CT molecular complexity index is 1340. The summed E-state index contributed by atoms with van der Waals surface area (Å²) in [7, 11) is 0. The van der Waals surface area contributed by atoms with Crippen molar-refractivity contribution >= 4 is 61.5 Å². The van der Waals surface area contributed by atoms with Gasteiger partial charge in [0.25, 0.3) is 0 Å². The van der Waals surface area contributed by atoms with E-state index in [1.807, 2.05) is 42.5 Å². The summed E-state index contributed by atoms with van der Waals surface area (Å²) in [6, 6.07) is 15.5. The van der Waals surface area contributed by atoms with Gasteiger partial charge in [0.1, 0.15) is 0 Å². The number of pyridine rings is 1. The maximum absolute atomic E-state index is 12.2. The molecular formula is C24H19ClN2O2S. The van der Waals surface area contributed by atoms with Crippen LogP contribution in [-0.4, -0.2) is 34.0 Å². The van der Waals surface area contributed by atoms with Crippen LogP contribution in [0.4, 0.5) is 0 Å². The summed E-state index contributed by atoms with van der Waals surface area (Å²) in [5.74, 6) is -0.915. The van der Waals surface area contributed by atoms with Gasteiger partial charge in [0.2, 0.25) is 0 Å². The number of hydrogen-bond acceptors (Lipinski definition) is 4. The van der Waals surface area contributed by atoms with E-state index < -0.39 is 5.97 Å². The molecule has 1 aliphatic heterocycles. The fourth-order valence-corrected chi connectivity index (χ4v) is 5.59. The van der Waals surface area contributed by atoms with E-state index in [2.05, 4.69) is 24.0 Å². The average molecular weight is 435 g/mol. The lowest BCUT2D eigenvalue weighted by atomic mass is 9.92. The predicted octanol–water partition coefficient (Wildman–Crippen LogP) is 6.18. The highest BCUT2D eigenvalue weighted by Gasteiger charge is 2.28. The number of fused-ring (bicyclic) bond motifs is 3. The van der Waals surface area contributed by atoms with Crippen molar-refractivity contribution in [2.24, 2.45) is 0 Å². The third kappa shape index (κ3) is 3.10. The number of benzene rings is 2. The molecule has 1 N–H and O–H groups in total. The number of rotatable bonds is 3. The van der Waals surface area contributed by atoms with Gasteiger partial charge in [-0.1, -0.05) is 54.9 Å². The van der Waals surface area contributed by atoms with Crippen LogP contribution in [0.2, 0.25) is 5.02 Å². The quantitative estimate of drug-likeness (QED) is 0.418. The van der Waals surface area contributed by atoms with Crippen LogP contribution in [0.3, 0.4) is 0 Å². The van der Waals surface area contributed by atoms with Crippen LogP contribution in [0, 0.1) is 0 Å². The van der Waals surface area contributed by atoms with Crippen molar-refractivity contribution < 1.29 is 9.90 Å². The van der Waals surface area contributed by atoms with Gasteiger partial charge >= 0.3 is 5.97 Å². The highest BCUT2D eigenvalue weighted by Crippen LogP contribution is 2.39. The summed E-state index contributed by atoms with van der Waals surface area (Å²) in [4.78, 5) is 20.3. The zero-order valence-electron chi connectivity index (χ0n) is 16.4. The van der Waals surface area contributed by atoms with E-state index >= 15 is 0 Å². The Morgan fingerprint density at radius 3 is 2.63 bits per heavy atom. The molecule has 30 heavy (non-hydrogen) atoms. The van der Waals surface area contributed by atoms with Gasteiger partial charge in [-0.25, -0.2) is 9.78 Å². The molecule has 2 aromatic heterocycles. The molecule has 0 atom stereocenters. The maximum atomic E-state index is 12.2. The van der Waals surface area contributed by atoms with Crippen molar-refractivity contribution in [1.82, 2.24) is 9.88 Å². The fraction of sp³-hybridized carbons (Fsp3) is 0.167. The second-order valence-corrected chi connectivity index (χ2v) is 8.85. The molecule has 4 nitrogen and oxygen atoms in total. The van der Waals surface area contributed by atoms with E-state index in [0.717, 1.165) is 43.4 Å².